The molecule has 7 heteroatoms. The molecule has 128 valence electrons. The average molecular weight is 348 g/mol. The highest BCUT2D eigenvalue weighted by molar-refractivity contribution is 7.93. The fourth-order valence-corrected chi connectivity index (χ4v) is 5.90. The van der Waals surface area contributed by atoms with E-state index in [4.69, 9.17) is 0 Å². The van der Waals surface area contributed by atoms with E-state index < -0.39 is 15.1 Å². The lowest BCUT2D eigenvalue weighted by Crippen LogP contribution is -2.25. The Labute approximate surface area is 141 Å². The molecule has 24 heavy (non-hydrogen) atoms. The van der Waals surface area contributed by atoms with Crippen molar-refractivity contribution >= 4 is 15.6 Å². The van der Waals surface area contributed by atoms with E-state index in [1.807, 2.05) is 6.92 Å². The van der Waals surface area contributed by atoms with Crippen LogP contribution in [0.2, 0.25) is 0 Å². The molecule has 0 saturated heterocycles. The summed E-state index contributed by atoms with van der Waals surface area (Å²) < 4.78 is 26.1. The number of aromatic hydroxyl groups is 1. The van der Waals surface area contributed by atoms with Gasteiger partial charge in [-0.1, -0.05) is 17.2 Å². The third-order valence-corrected chi connectivity index (χ3v) is 6.85. The number of carbonyl (C=O) groups excluding carboxylic acids is 1. The first kappa shape index (κ1) is 16.7. The van der Waals surface area contributed by atoms with Crippen LogP contribution in [0.15, 0.2) is 40.1 Å². The molecule has 2 aliphatic rings. The zero-order valence-corrected chi connectivity index (χ0v) is 14.9. The van der Waals surface area contributed by atoms with Gasteiger partial charge in [0.2, 0.25) is 5.88 Å². The number of carbonyl (C=O) groups is 1. The molecule has 0 spiro atoms. The maximum atomic E-state index is 12.9. The maximum Gasteiger partial charge on any atom is 0.220 e. The van der Waals surface area contributed by atoms with E-state index in [1.165, 1.54) is 10.9 Å². The Bertz CT molecular complexity index is 945. The smallest absolute Gasteiger partial charge is 0.220 e. The van der Waals surface area contributed by atoms with Gasteiger partial charge >= 0.3 is 0 Å². The van der Waals surface area contributed by atoms with Crippen molar-refractivity contribution in [2.75, 3.05) is 5.75 Å². The van der Waals surface area contributed by atoms with E-state index in [0.29, 0.717) is 23.3 Å². The van der Waals surface area contributed by atoms with Crippen molar-refractivity contribution in [3.63, 3.8) is 0 Å². The Hall–Kier alpha value is -2.15. The quantitative estimate of drug-likeness (QED) is 0.846. The molecule has 1 aromatic heterocycles. The minimum Gasteiger partial charge on any atom is -0.493 e. The molecule has 1 unspecified atom stereocenters. The molecule has 2 heterocycles. The van der Waals surface area contributed by atoms with Crippen LogP contribution in [0.3, 0.4) is 0 Å². The second kappa shape index (κ2) is 5.44. The Kier molecular flexibility index (Phi) is 3.79. The second-order valence-corrected chi connectivity index (χ2v) is 8.42. The first-order chi connectivity index (χ1) is 11.2. The van der Waals surface area contributed by atoms with Crippen molar-refractivity contribution in [1.82, 2.24) is 9.78 Å². The van der Waals surface area contributed by atoms with Gasteiger partial charge in [-0.3, -0.25) is 4.79 Å². The fraction of sp³-hybridized carbons (Fsp3) is 0.412. The highest BCUT2D eigenvalue weighted by Gasteiger charge is 2.42. The van der Waals surface area contributed by atoms with Gasteiger partial charge in [0.15, 0.2) is 15.6 Å². The standard InChI is InChI=1S/C17H20N2O4S/c1-5-19-17(21)13(7-18-19)15(20)12-6-9(2)16-14(11(12)4)10(3)8-24(16,22)23/h6-7,16,21H,5,8H2,1-4H3. The van der Waals surface area contributed by atoms with Gasteiger partial charge in [0, 0.05) is 12.1 Å². The monoisotopic (exact) mass is 348 g/mol. The number of hydrogen-bond donors (Lipinski definition) is 1. The molecule has 0 bridgehead atoms. The first-order valence-corrected chi connectivity index (χ1v) is 9.50. The number of allylic oxidation sites excluding steroid dienone is 3. The van der Waals surface area contributed by atoms with Gasteiger partial charge in [0.1, 0.15) is 10.8 Å². The van der Waals surface area contributed by atoms with E-state index in [1.54, 1.807) is 26.8 Å². The summed E-state index contributed by atoms with van der Waals surface area (Å²) in [5.74, 6) is -0.483. The summed E-state index contributed by atoms with van der Waals surface area (Å²) in [5, 5.41) is 13.5. The van der Waals surface area contributed by atoms with E-state index in [2.05, 4.69) is 5.10 Å². The summed E-state index contributed by atoms with van der Waals surface area (Å²) in [6.45, 7) is 7.57. The number of fused-ring (bicyclic) bond motifs is 1. The molecule has 1 aliphatic heterocycles. The molecule has 1 aromatic rings. The number of ketones is 1. The Morgan fingerprint density at radius 3 is 2.62 bits per heavy atom. The van der Waals surface area contributed by atoms with Gasteiger partial charge in [0.05, 0.1) is 11.9 Å². The van der Waals surface area contributed by atoms with E-state index >= 15 is 0 Å². The second-order valence-electron chi connectivity index (χ2n) is 6.34. The highest BCUT2D eigenvalue weighted by atomic mass is 32.2. The van der Waals surface area contributed by atoms with Crippen LogP contribution in [0.1, 0.15) is 38.1 Å². The number of aryl methyl sites for hydroxylation is 1. The number of Topliss-reactive ketones (excluding diaryl/α,β-unsaturated/α-hetero) is 1. The lowest BCUT2D eigenvalue weighted by atomic mass is 9.84. The SMILES string of the molecule is CCn1ncc(C(=O)C2=C(C)C3=C(C)CS(=O)(=O)C3C(C)=C2)c1O. The van der Waals surface area contributed by atoms with E-state index in [9.17, 15) is 18.3 Å². The topological polar surface area (TPSA) is 89.3 Å². The molecule has 0 amide bonds. The Balaban J connectivity index is 2.14. The van der Waals surface area contributed by atoms with Crippen LogP contribution in [0.5, 0.6) is 5.88 Å². The lowest BCUT2D eigenvalue weighted by molar-refractivity contribution is 0.103. The lowest BCUT2D eigenvalue weighted by Gasteiger charge is -2.23. The summed E-state index contributed by atoms with van der Waals surface area (Å²) in [5.41, 5.74) is 3.36. The molecule has 1 aliphatic carbocycles. The number of sulfone groups is 1. The largest absolute Gasteiger partial charge is 0.493 e. The Morgan fingerprint density at radius 2 is 2.04 bits per heavy atom. The summed E-state index contributed by atoms with van der Waals surface area (Å²) in [6.07, 6.45) is 2.98. The number of hydrogen-bond acceptors (Lipinski definition) is 5. The van der Waals surface area contributed by atoms with Crippen LogP contribution in [-0.4, -0.2) is 40.1 Å². The van der Waals surface area contributed by atoms with E-state index in [0.717, 1.165) is 11.1 Å². The van der Waals surface area contributed by atoms with Gasteiger partial charge in [0.25, 0.3) is 0 Å². The zero-order chi connectivity index (χ0) is 17.8. The first-order valence-electron chi connectivity index (χ1n) is 7.79. The molecular formula is C17H20N2O4S. The summed E-state index contributed by atoms with van der Waals surface area (Å²) in [7, 11) is -3.25. The molecule has 0 saturated carbocycles. The van der Waals surface area contributed by atoms with Crippen LogP contribution < -0.4 is 0 Å². The molecule has 1 N–H and O–H groups in total. The van der Waals surface area contributed by atoms with Crippen molar-refractivity contribution in [3.8, 4) is 5.88 Å². The van der Waals surface area contributed by atoms with Crippen molar-refractivity contribution in [2.24, 2.45) is 0 Å². The third kappa shape index (κ3) is 2.26. The van der Waals surface area contributed by atoms with Crippen molar-refractivity contribution in [3.05, 3.63) is 45.7 Å². The van der Waals surface area contributed by atoms with Gasteiger partial charge in [-0.2, -0.15) is 5.10 Å². The third-order valence-electron chi connectivity index (χ3n) is 4.69. The van der Waals surface area contributed by atoms with Crippen LogP contribution in [-0.2, 0) is 16.4 Å². The maximum absolute atomic E-state index is 12.9. The summed E-state index contributed by atoms with van der Waals surface area (Å²) in [6, 6.07) is 0. The van der Waals surface area contributed by atoms with Crippen LogP contribution in [0.4, 0.5) is 0 Å². The highest BCUT2D eigenvalue weighted by Crippen LogP contribution is 2.42. The van der Waals surface area contributed by atoms with Crippen molar-refractivity contribution < 1.29 is 18.3 Å². The predicted molar refractivity (Wildman–Crippen MR) is 90.6 cm³/mol. The molecule has 0 fully saturated rings. The summed E-state index contributed by atoms with van der Waals surface area (Å²) >= 11 is 0. The zero-order valence-electron chi connectivity index (χ0n) is 14.1. The van der Waals surface area contributed by atoms with Crippen LogP contribution in [0, 0.1) is 0 Å². The molecular weight excluding hydrogens is 328 g/mol. The van der Waals surface area contributed by atoms with Gasteiger partial charge < -0.3 is 5.11 Å². The number of aromatic nitrogens is 2. The van der Waals surface area contributed by atoms with Crippen LogP contribution in [0.25, 0.3) is 0 Å². The number of rotatable bonds is 3. The molecule has 0 aromatic carbocycles. The summed E-state index contributed by atoms with van der Waals surface area (Å²) in [4.78, 5) is 12.9. The minimum absolute atomic E-state index is 0.0238. The van der Waals surface area contributed by atoms with E-state index in [-0.39, 0.29) is 23.0 Å². The van der Waals surface area contributed by atoms with Gasteiger partial charge in [-0.25, -0.2) is 13.1 Å². The molecule has 6 nitrogen and oxygen atoms in total. The molecule has 1 atom stereocenters. The van der Waals surface area contributed by atoms with Crippen LogP contribution >= 0.6 is 0 Å². The van der Waals surface area contributed by atoms with Gasteiger partial charge in [-0.15, -0.1) is 0 Å². The normalized spacial score (nSPS) is 22.7. The average Bonchev–Trinajstić information content (AvgIpc) is 2.99. The molecule has 0 radical (unpaired) electrons. The Morgan fingerprint density at radius 1 is 1.38 bits per heavy atom. The fourth-order valence-electron chi connectivity index (χ4n) is 3.60. The minimum atomic E-state index is -3.25. The van der Waals surface area contributed by atoms with Gasteiger partial charge in [-0.05, 0) is 38.8 Å². The number of nitrogens with zero attached hydrogens (tertiary/aromatic N) is 2. The van der Waals surface area contributed by atoms with Crippen molar-refractivity contribution in [2.45, 2.75) is 39.5 Å². The predicted octanol–water partition coefficient (Wildman–Crippen LogP) is 2.18. The molecule has 3 rings (SSSR count). The van der Waals surface area contributed by atoms with Crippen molar-refractivity contribution in [1.29, 1.82) is 0 Å².